The quantitative estimate of drug-likeness (QED) is 0.431. The molecular weight excluding hydrogens is 352 g/mol. The van der Waals surface area contributed by atoms with E-state index in [-0.39, 0.29) is 5.41 Å². The Hall–Kier alpha value is -2.77. The number of benzene rings is 3. The highest BCUT2D eigenvalue weighted by molar-refractivity contribution is 6.34. The number of para-hydroxylation sites is 1. The molecule has 3 aliphatic rings. The lowest BCUT2D eigenvalue weighted by Crippen LogP contribution is -2.35. The van der Waals surface area contributed by atoms with Crippen molar-refractivity contribution in [2.75, 3.05) is 0 Å². The van der Waals surface area contributed by atoms with Crippen LogP contribution in [0.3, 0.4) is 0 Å². The molecule has 1 nitrogen and oxygen atoms in total. The molecule has 1 aliphatic heterocycles. The third-order valence-electron chi connectivity index (χ3n) is 6.07. The van der Waals surface area contributed by atoms with Gasteiger partial charge in [0, 0.05) is 28.1 Å². The van der Waals surface area contributed by atoms with Crippen molar-refractivity contribution in [3.8, 4) is 16.9 Å². The van der Waals surface area contributed by atoms with Crippen LogP contribution in [0.15, 0.2) is 90.2 Å². The number of rotatable bonds is 0. The lowest BCUT2D eigenvalue weighted by molar-refractivity contribution is 0.364. The van der Waals surface area contributed by atoms with Crippen molar-refractivity contribution in [2.24, 2.45) is 0 Å². The standard InChI is InChI=1S/C25H17ClO/c26-21-13-7-12-20-24(21)16-8-1-2-9-17(16)25(20)18-10-3-5-14-22(18)27-23-15-6-4-11-19(23)25/h1-5,7-14H,6,15H2. The van der Waals surface area contributed by atoms with Crippen LogP contribution in [-0.2, 0) is 5.41 Å². The number of allylic oxidation sites excluding steroid dienone is 4. The van der Waals surface area contributed by atoms with Gasteiger partial charge in [0.2, 0.25) is 0 Å². The molecule has 3 aromatic rings. The average molecular weight is 369 g/mol. The molecule has 3 aromatic carbocycles. The molecule has 1 atom stereocenters. The third kappa shape index (κ3) is 1.80. The van der Waals surface area contributed by atoms with Crippen molar-refractivity contribution in [3.63, 3.8) is 0 Å². The first-order chi connectivity index (χ1) is 13.3. The van der Waals surface area contributed by atoms with Crippen LogP contribution in [0.25, 0.3) is 11.1 Å². The van der Waals surface area contributed by atoms with Crippen LogP contribution in [0.2, 0.25) is 5.02 Å². The van der Waals surface area contributed by atoms with Crippen LogP contribution in [0.1, 0.15) is 29.5 Å². The predicted octanol–water partition coefficient (Wildman–Crippen LogP) is 6.65. The number of halogens is 1. The van der Waals surface area contributed by atoms with E-state index in [0.29, 0.717) is 0 Å². The van der Waals surface area contributed by atoms with Crippen LogP contribution in [0.4, 0.5) is 0 Å². The van der Waals surface area contributed by atoms with Gasteiger partial charge >= 0.3 is 0 Å². The topological polar surface area (TPSA) is 9.23 Å². The number of hydrogen-bond acceptors (Lipinski definition) is 1. The largest absolute Gasteiger partial charge is 0.461 e. The van der Waals surface area contributed by atoms with Crippen LogP contribution in [-0.4, -0.2) is 0 Å². The molecule has 0 amide bonds. The summed E-state index contributed by atoms with van der Waals surface area (Å²) in [6.45, 7) is 0. The summed E-state index contributed by atoms with van der Waals surface area (Å²) in [6.07, 6.45) is 6.48. The Bertz CT molecular complexity index is 1170. The van der Waals surface area contributed by atoms with E-state index in [4.69, 9.17) is 16.3 Å². The summed E-state index contributed by atoms with van der Waals surface area (Å²) in [7, 11) is 0. The zero-order chi connectivity index (χ0) is 18.0. The summed E-state index contributed by atoms with van der Waals surface area (Å²) < 4.78 is 6.38. The maximum atomic E-state index is 6.74. The highest BCUT2D eigenvalue weighted by Gasteiger charge is 2.52. The van der Waals surface area contributed by atoms with Gasteiger partial charge in [0.25, 0.3) is 0 Å². The van der Waals surface area contributed by atoms with E-state index in [0.717, 1.165) is 34.9 Å². The summed E-state index contributed by atoms with van der Waals surface area (Å²) >= 11 is 6.74. The van der Waals surface area contributed by atoms with E-state index < -0.39 is 0 Å². The molecule has 1 unspecified atom stereocenters. The fourth-order valence-corrected chi connectivity index (χ4v) is 5.37. The molecule has 6 rings (SSSR count). The molecule has 2 heteroatoms. The van der Waals surface area contributed by atoms with Gasteiger partial charge < -0.3 is 4.74 Å². The van der Waals surface area contributed by atoms with Crippen LogP contribution >= 0.6 is 11.6 Å². The zero-order valence-corrected chi connectivity index (χ0v) is 15.5. The highest BCUT2D eigenvalue weighted by atomic mass is 35.5. The van der Waals surface area contributed by atoms with E-state index in [2.05, 4.69) is 72.8 Å². The van der Waals surface area contributed by atoms with Gasteiger partial charge in [-0.1, -0.05) is 78.4 Å². The lowest BCUT2D eigenvalue weighted by Gasteiger charge is -2.41. The Labute approximate surface area is 163 Å². The smallest absolute Gasteiger partial charge is 0.131 e. The minimum absolute atomic E-state index is 0.363. The first kappa shape index (κ1) is 15.3. The SMILES string of the molecule is Clc1cccc2c1-c1ccccc1C21C2=C(CCC=C2)Oc2ccccc21. The number of fused-ring (bicyclic) bond motifs is 8. The summed E-state index contributed by atoms with van der Waals surface area (Å²) in [6, 6.07) is 23.4. The van der Waals surface area contributed by atoms with Gasteiger partial charge in [-0.05, 0) is 35.2 Å². The second kappa shape index (κ2) is 5.37. The van der Waals surface area contributed by atoms with Gasteiger partial charge in [0.05, 0.1) is 5.41 Å². The van der Waals surface area contributed by atoms with Gasteiger partial charge in [-0.3, -0.25) is 0 Å². The average Bonchev–Trinajstić information content (AvgIpc) is 3.01. The Morgan fingerprint density at radius 2 is 1.59 bits per heavy atom. The Kier molecular flexibility index (Phi) is 3.04. The molecule has 27 heavy (non-hydrogen) atoms. The maximum Gasteiger partial charge on any atom is 0.131 e. The summed E-state index contributed by atoms with van der Waals surface area (Å²) in [4.78, 5) is 0. The minimum atomic E-state index is -0.363. The first-order valence-corrected chi connectivity index (χ1v) is 9.76. The first-order valence-electron chi connectivity index (χ1n) is 9.38. The van der Waals surface area contributed by atoms with Crippen LogP contribution in [0.5, 0.6) is 5.75 Å². The monoisotopic (exact) mass is 368 g/mol. The Morgan fingerprint density at radius 1 is 0.815 bits per heavy atom. The van der Waals surface area contributed by atoms with Crippen molar-refractivity contribution in [3.05, 3.63) is 112 Å². The molecule has 1 spiro atoms. The molecule has 1 heterocycles. The van der Waals surface area contributed by atoms with Gasteiger partial charge in [-0.2, -0.15) is 0 Å². The van der Waals surface area contributed by atoms with Crippen molar-refractivity contribution < 1.29 is 4.74 Å². The number of ether oxygens (including phenoxy) is 1. The van der Waals surface area contributed by atoms with E-state index in [1.165, 1.54) is 27.8 Å². The normalized spacial score (nSPS) is 21.4. The molecule has 130 valence electrons. The summed E-state index contributed by atoms with van der Waals surface area (Å²) in [5.41, 5.74) is 7.01. The van der Waals surface area contributed by atoms with Gasteiger partial charge in [-0.25, -0.2) is 0 Å². The zero-order valence-electron chi connectivity index (χ0n) is 14.7. The fraction of sp³-hybridized carbons (Fsp3) is 0.120. The number of hydrogen-bond donors (Lipinski definition) is 0. The van der Waals surface area contributed by atoms with Gasteiger partial charge in [0.15, 0.2) is 0 Å². The van der Waals surface area contributed by atoms with Gasteiger partial charge in [0.1, 0.15) is 11.5 Å². The van der Waals surface area contributed by atoms with Crippen LogP contribution in [0, 0.1) is 0 Å². The maximum absolute atomic E-state index is 6.74. The van der Waals surface area contributed by atoms with Crippen molar-refractivity contribution in [2.45, 2.75) is 18.3 Å². The second-order valence-corrected chi connectivity index (χ2v) is 7.74. The molecule has 0 radical (unpaired) electrons. The van der Waals surface area contributed by atoms with E-state index in [9.17, 15) is 0 Å². The molecular formula is C25H17ClO. The minimum Gasteiger partial charge on any atom is -0.461 e. The Morgan fingerprint density at radius 3 is 2.52 bits per heavy atom. The molecule has 0 saturated heterocycles. The molecule has 0 N–H and O–H groups in total. The third-order valence-corrected chi connectivity index (χ3v) is 6.38. The highest BCUT2D eigenvalue weighted by Crippen LogP contribution is 2.62. The van der Waals surface area contributed by atoms with E-state index in [1.54, 1.807) is 0 Å². The summed E-state index contributed by atoms with van der Waals surface area (Å²) in [5.74, 6) is 2.04. The lowest BCUT2D eigenvalue weighted by atomic mass is 9.64. The van der Waals surface area contributed by atoms with Crippen molar-refractivity contribution in [1.82, 2.24) is 0 Å². The van der Waals surface area contributed by atoms with E-state index >= 15 is 0 Å². The van der Waals surface area contributed by atoms with Crippen molar-refractivity contribution >= 4 is 11.6 Å². The second-order valence-electron chi connectivity index (χ2n) is 7.33. The molecule has 0 fully saturated rings. The molecule has 2 aliphatic carbocycles. The molecule has 0 aromatic heterocycles. The summed E-state index contributed by atoms with van der Waals surface area (Å²) in [5, 5.41) is 0.808. The van der Waals surface area contributed by atoms with Crippen LogP contribution < -0.4 is 4.74 Å². The predicted molar refractivity (Wildman–Crippen MR) is 109 cm³/mol. The Balaban J connectivity index is 1.85. The molecule has 0 bridgehead atoms. The van der Waals surface area contributed by atoms with E-state index in [1.807, 2.05) is 6.07 Å². The molecule has 0 saturated carbocycles. The van der Waals surface area contributed by atoms with Crippen molar-refractivity contribution in [1.29, 1.82) is 0 Å². The fourth-order valence-electron chi connectivity index (χ4n) is 5.09. The van der Waals surface area contributed by atoms with Gasteiger partial charge in [-0.15, -0.1) is 0 Å².